The van der Waals surface area contributed by atoms with Gasteiger partial charge in [-0.1, -0.05) is 118 Å². The minimum absolute atomic E-state index is 0.208. The molecule has 8 amide bonds. The number of thioether (sulfide) groups is 1. The van der Waals surface area contributed by atoms with Gasteiger partial charge in [0.2, 0.25) is 47.3 Å². The Morgan fingerprint density at radius 2 is 1.18 bits per heavy atom. The Hall–Kier alpha value is -6.27. The van der Waals surface area contributed by atoms with Crippen molar-refractivity contribution in [2.24, 2.45) is 53.1 Å². The topological polar surface area (TPSA) is 365 Å². The van der Waals surface area contributed by atoms with Crippen molar-refractivity contribution in [1.82, 2.24) is 37.2 Å². The number of primary amides is 1. The summed E-state index contributed by atoms with van der Waals surface area (Å²) >= 11 is 1.44. The standard InChI is InChI=1S/C61H98N8O15S/c1-13-33(6)43(30-46(72)44(23-24-49(62)75)64-56(78)41(31-70)28-47(73)50(34(7)14-2)66-55(77)40(17-5)27-39-21-19-18-20-22-39)58(80)67-51(35(8)15-3)48(74)29-42(32-71)57(79)69-53-38(11)84-61(83)52(36(9)16-4)68-59(81)45(25-26-85-12)65-54(76)37(10)63-60(53)82/h18-22,33-38,40-45,50-53,70-71H,13-17,23-32H2,1-12H3,(H2,62,75)(H,63,82)(H,64,78)(H,65,76)(H,66,77)(H,67,80)(H,68,81)(H,69,79)/t33-,34+,35+,36+,37+,38+,40-,41+,42+,43-,44-,45+,50+,51+,52+,53-/m1/s1. The smallest absolute Gasteiger partial charge is 0.329 e. The number of carbonyl (C=O) groups is 12. The van der Waals surface area contributed by atoms with Gasteiger partial charge in [0.1, 0.15) is 30.3 Å². The number of nitrogens with one attached hydrogen (secondary N) is 7. The lowest BCUT2D eigenvalue weighted by Gasteiger charge is -2.30. The van der Waals surface area contributed by atoms with Crippen LogP contribution in [0.1, 0.15) is 152 Å². The van der Waals surface area contributed by atoms with Crippen LogP contribution in [0, 0.1) is 47.3 Å². The molecule has 24 heteroatoms. The summed E-state index contributed by atoms with van der Waals surface area (Å²) in [6.07, 6.45) is 0.826. The molecule has 1 aromatic carbocycles. The molecule has 1 heterocycles. The molecule has 0 aliphatic carbocycles. The minimum atomic E-state index is -1.69. The van der Waals surface area contributed by atoms with Gasteiger partial charge in [0.15, 0.2) is 17.3 Å². The van der Waals surface area contributed by atoms with E-state index in [0.717, 1.165) is 5.56 Å². The number of esters is 1. The van der Waals surface area contributed by atoms with Gasteiger partial charge in [-0.2, -0.15) is 11.8 Å². The Bertz CT molecular complexity index is 2420. The van der Waals surface area contributed by atoms with Gasteiger partial charge in [-0.15, -0.1) is 0 Å². The Morgan fingerprint density at radius 3 is 1.68 bits per heavy atom. The maximum Gasteiger partial charge on any atom is 0.329 e. The van der Waals surface area contributed by atoms with E-state index in [2.05, 4.69) is 37.2 Å². The first kappa shape index (κ1) is 74.8. The van der Waals surface area contributed by atoms with E-state index in [1.165, 1.54) is 25.6 Å². The predicted molar refractivity (Wildman–Crippen MR) is 321 cm³/mol. The highest BCUT2D eigenvalue weighted by Crippen LogP contribution is 2.25. The first-order chi connectivity index (χ1) is 40.2. The van der Waals surface area contributed by atoms with Crippen LogP contribution in [0.5, 0.6) is 0 Å². The minimum Gasteiger partial charge on any atom is -0.458 e. The molecule has 1 aliphatic rings. The number of carbonyl (C=O) groups excluding carboxylic acids is 12. The zero-order valence-corrected chi connectivity index (χ0v) is 52.7. The lowest BCUT2D eigenvalue weighted by molar-refractivity contribution is -0.157. The number of cyclic esters (lactones) is 1. The lowest BCUT2D eigenvalue weighted by Crippen LogP contribution is -2.59. The largest absolute Gasteiger partial charge is 0.458 e. The Morgan fingerprint density at radius 1 is 0.635 bits per heavy atom. The number of hydrogen-bond acceptors (Lipinski definition) is 16. The lowest BCUT2D eigenvalue weighted by atomic mass is 9.83. The van der Waals surface area contributed by atoms with Crippen molar-refractivity contribution in [3.05, 3.63) is 35.9 Å². The van der Waals surface area contributed by atoms with Crippen molar-refractivity contribution in [3.8, 4) is 0 Å². The first-order valence-electron chi connectivity index (χ1n) is 30.1. The molecule has 11 N–H and O–H groups in total. The third-order valence-corrected chi connectivity index (χ3v) is 17.2. The fraction of sp³-hybridized carbons (Fsp3) is 0.705. The highest BCUT2D eigenvalue weighted by molar-refractivity contribution is 7.98. The van der Waals surface area contributed by atoms with Crippen LogP contribution in [0.25, 0.3) is 0 Å². The predicted octanol–water partition coefficient (Wildman–Crippen LogP) is 2.53. The van der Waals surface area contributed by atoms with Crippen molar-refractivity contribution >= 4 is 82.3 Å². The summed E-state index contributed by atoms with van der Waals surface area (Å²) in [7, 11) is 0. The number of Topliss-reactive ketones (excluding diaryl/α,β-unsaturated/α-hetero) is 3. The summed E-state index contributed by atoms with van der Waals surface area (Å²) in [5.41, 5.74) is 6.43. The van der Waals surface area contributed by atoms with Gasteiger partial charge in [0.25, 0.3) is 0 Å². The monoisotopic (exact) mass is 1210 g/mol. The molecular formula is C61H98N8O15S. The normalized spacial score (nSPS) is 21.6. The molecule has 85 heavy (non-hydrogen) atoms. The summed E-state index contributed by atoms with van der Waals surface area (Å²) in [6, 6.07) is 0.521. The average molecular weight is 1220 g/mol. The molecule has 0 unspecified atom stereocenters. The number of amides is 8. The van der Waals surface area contributed by atoms with Gasteiger partial charge in [-0.25, -0.2) is 4.79 Å². The molecule has 1 aliphatic heterocycles. The Kier molecular flexibility index (Phi) is 33.5. The van der Waals surface area contributed by atoms with Crippen LogP contribution in [0.15, 0.2) is 30.3 Å². The van der Waals surface area contributed by atoms with Crippen LogP contribution >= 0.6 is 11.8 Å². The molecule has 1 fully saturated rings. The van der Waals surface area contributed by atoms with Gasteiger partial charge in [0, 0.05) is 37.5 Å². The molecule has 0 spiro atoms. The average Bonchev–Trinajstić information content (AvgIpc) is 3.77. The van der Waals surface area contributed by atoms with Crippen LogP contribution in [0.4, 0.5) is 0 Å². The second-order valence-corrected chi connectivity index (χ2v) is 23.9. The number of rotatable bonds is 36. The number of benzene rings is 1. The van der Waals surface area contributed by atoms with E-state index in [9.17, 15) is 67.7 Å². The molecular weight excluding hydrogens is 1120 g/mol. The third-order valence-electron chi connectivity index (χ3n) is 16.6. The zero-order valence-electron chi connectivity index (χ0n) is 51.9. The van der Waals surface area contributed by atoms with Crippen molar-refractivity contribution in [3.63, 3.8) is 0 Å². The van der Waals surface area contributed by atoms with Crippen LogP contribution < -0.4 is 43.0 Å². The van der Waals surface area contributed by atoms with Crippen LogP contribution in [-0.2, 0) is 68.7 Å². The van der Waals surface area contributed by atoms with E-state index in [1.807, 2.05) is 50.4 Å². The molecule has 1 saturated heterocycles. The maximum atomic E-state index is 14.5. The van der Waals surface area contributed by atoms with E-state index in [1.54, 1.807) is 48.5 Å². The molecule has 23 nitrogen and oxygen atoms in total. The molecule has 0 aromatic heterocycles. The fourth-order valence-electron chi connectivity index (χ4n) is 9.79. The number of ketones is 3. The van der Waals surface area contributed by atoms with Crippen LogP contribution in [0.3, 0.4) is 0 Å². The molecule has 478 valence electrons. The van der Waals surface area contributed by atoms with Gasteiger partial charge in [-0.05, 0) is 80.8 Å². The van der Waals surface area contributed by atoms with E-state index in [0.29, 0.717) is 44.3 Å². The van der Waals surface area contributed by atoms with Crippen LogP contribution in [0.2, 0.25) is 0 Å². The summed E-state index contributed by atoms with van der Waals surface area (Å²) in [5.74, 6) is -14.8. The number of nitrogens with two attached hydrogens (primary N) is 1. The number of hydrogen-bond donors (Lipinski definition) is 10. The number of aliphatic hydroxyl groups is 2. The molecule has 2 rings (SSSR count). The number of aliphatic hydroxyl groups excluding tert-OH is 2. The van der Waals surface area contributed by atoms with E-state index < -0.39 is 187 Å². The van der Waals surface area contributed by atoms with E-state index in [4.69, 9.17) is 10.5 Å². The molecule has 0 bridgehead atoms. The molecule has 0 radical (unpaired) electrons. The highest BCUT2D eigenvalue weighted by Gasteiger charge is 2.41. The van der Waals surface area contributed by atoms with E-state index >= 15 is 0 Å². The summed E-state index contributed by atoms with van der Waals surface area (Å²) in [6.45, 7) is 16.9. The van der Waals surface area contributed by atoms with Crippen molar-refractivity contribution in [2.75, 3.05) is 25.2 Å². The summed E-state index contributed by atoms with van der Waals surface area (Å²) < 4.78 is 5.73. The third kappa shape index (κ3) is 23.8. The van der Waals surface area contributed by atoms with Crippen molar-refractivity contribution in [2.45, 2.75) is 202 Å². The van der Waals surface area contributed by atoms with Gasteiger partial charge < -0.3 is 57.9 Å². The fourth-order valence-corrected chi connectivity index (χ4v) is 10.3. The SMILES string of the molecule is CC[C@H](Cc1ccccc1)C(=O)N[C@H](C(=O)C[C@@H](CO)C(=O)N[C@H](CCC(N)=O)C(=O)C[C@@H](C(=O)N[C@H](C(=O)C[C@@H](CO)C(=O)N[C@H]1C(=O)N[C@@H](C)C(=O)N[C@@H](CCSC)C(=O)N[C@@H]([C@@H](C)CC)C(=O)O[C@H]1C)[C@@H](C)CC)[C@H](C)CC)[C@@H](C)CC. The van der Waals surface area contributed by atoms with Gasteiger partial charge in [0.05, 0.1) is 43.2 Å². The summed E-state index contributed by atoms with van der Waals surface area (Å²) in [4.78, 5) is 166. The number of ether oxygens (including phenoxy) is 1. The van der Waals surface area contributed by atoms with Crippen LogP contribution in [-0.4, -0.2) is 154 Å². The Balaban J connectivity index is 2.40. The quantitative estimate of drug-likeness (QED) is 0.0432. The van der Waals surface area contributed by atoms with Crippen molar-refractivity contribution in [1.29, 1.82) is 0 Å². The first-order valence-corrected chi connectivity index (χ1v) is 31.5. The summed E-state index contributed by atoms with van der Waals surface area (Å²) in [5, 5.41) is 39.7. The maximum absolute atomic E-state index is 14.5. The molecule has 1 aromatic rings. The molecule has 16 atom stereocenters. The van der Waals surface area contributed by atoms with Crippen molar-refractivity contribution < 1.29 is 72.5 Å². The second kappa shape index (κ2) is 38.0. The zero-order chi connectivity index (χ0) is 64.2. The highest BCUT2D eigenvalue weighted by atomic mass is 32.2. The van der Waals surface area contributed by atoms with E-state index in [-0.39, 0.29) is 31.1 Å². The van der Waals surface area contributed by atoms with Gasteiger partial charge in [-0.3, -0.25) is 52.7 Å². The van der Waals surface area contributed by atoms with Gasteiger partial charge >= 0.3 is 5.97 Å². The molecule has 0 saturated carbocycles. The second-order valence-electron chi connectivity index (χ2n) is 22.9. The Labute approximate surface area is 505 Å².